The third-order valence-corrected chi connectivity index (χ3v) is 5.26. The molecule has 0 aliphatic heterocycles. The Morgan fingerprint density at radius 3 is 1.66 bits per heavy atom. The molecule has 7 heteroatoms. The zero-order valence-electron chi connectivity index (χ0n) is 18.3. The molecule has 0 spiro atoms. The summed E-state index contributed by atoms with van der Waals surface area (Å²) in [6, 6.07) is 8.48. The van der Waals surface area contributed by atoms with Crippen LogP contribution in [0.4, 0.5) is 4.79 Å². The van der Waals surface area contributed by atoms with Gasteiger partial charge in [-0.05, 0) is 30.9 Å². The number of hydrogen-bond acceptors (Lipinski definition) is 2. The van der Waals surface area contributed by atoms with Gasteiger partial charge in [0.2, 0.25) is 0 Å². The van der Waals surface area contributed by atoms with E-state index in [2.05, 4.69) is 62.9 Å². The third kappa shape index (κ3) is 12.1. The SMILES string of the molecule is CCCCN(CC)C(=O)SCCC.C[n+]1ccc(-c2cc[n+](C)cc2)cc1.[Cl-].[Cl-]. The van der Waals surface area contributed by atoms with Gasteiger partial charge in [0.05, 0.1) is 0 Å². The number of unbranched alkanes of at least 4 members (excludes halogenated alkanes) is 1. The molecular weight excluding hydrogens is 425 g/mol. The van der Waals surface area contributed by atoms with E-state index in [-0.39, 0.29) is 30.1 Å². The normalized spacial score (nSPS) is 9.41. The first-order chi connectivity index (χ1) is 13.0. The molecule has 0 atom stereocenters. The van der Waals surface area contributed by atoms with Gasteiger partial charge in [-0.25, -0.2) is 9.13 Å². The van der Waals surface area contributed by atoms with E-state index in [1.54, 1.807) is 0 Å². The molecule has 1 amide bonds. The number of thioether (sulfide) groups is 1. The van der Waals surface area contributed by atoms with Crippen molar-refractivity contribution in [1.29, 1.82) is 0 Å². The number of nitrogens with zero attached hydrogens (tertiary/aromatic N) is 3. The lowest BCUT2D eigenvalue weighted by atomic mass is 10.1. The highest BCUT2D eigenvalue weighted by Crippen LogP contribution is 2.15. The van der Waals surface area contributed by atoms with Crippen LogP contribution in [-0.2, 0) is 14.1 Å². The van der Waals surface area contributed by atoms with Crippen molar-refractivity contribution in [3.63, 3.8) is 0 Å². The first kappa shape index (κ1) is 29.9. The zero-order chi connectivity index (χ0) is 20.1. The largest absolute Gasteiger partial charge is 1.00 e. The van der Waals surface area contributed by atoms with Gasteiger partial charge in [-0.3, -0.25) is 4.79 Å². The average Bonchev–Trinajstić information content (AvgIpc) is 2.69. The second-order valence-corrected chi connectivity index (χ2v) is 7.60. The molecule has 0 saturated carbocycles. The average molecular weight is 461 g/mol. The van der Waals surface area contributed by atoms with E-state index in [0.717, 1.165) is 38.1 Å². The number of amides is 1. The molecule has 0 unspecified atom stereocenters. The monoisotopic (exact) mass is 459 g/mol. The Morgan fingerprint density at radius 2 is 1.31 bits per heavy atom. The molecule has 0 bridgehead atoms. The number of halogens is 2. The van der Waals surface area contributed by atoms with Crippen LogP contribution >= 0.6 is 11.8 Å². The van der Waals surface area contributed by atoms with Crippen LogP contribution < -0.4 is 33.9 Å². The van der Waals surface area contributed by atoms with Gasteiger partial charge in [-0.1, -0.05) is 32.0 Å². The first-order valence-corrected chi connectivity index (χ1v) is 10.8. The Morgan fingerprint density at radius 1 is 0.862 bits per heavy atom. The molecule has 2 heterocycles. The highest BCUT2D eigenvalue weighted by Gasteiger charge is 2.10. The van der Waals surface area contributed by atoms with Crippen molar-refractivity contribution in [3.05, 3.63) is 49.1 Å². The summed E-state index contributed by atoms with van der Waals surface area (Å²) >= 11 is 1.45. The van der Waals surface area contributed by atoms with Gasteiger partial charge in [-0.2, -0.15) is 0 Å². The number of carbonyl (C=O) groups excluding carboxylic acids is 1. The quantitative estimate of drug-likeness (QED) is 0.465. The Hall–Kier alpha value is -1.30. The summed E-state index contributed by atoms with van der Waals surface area (Å²) < 4.78 is 4.07. The predicted molar refractivity (Wildman–Crippen MR) is 115 cm³/mol. The van der Waals surface area contributed by atoms with E-state index in [0.29, 0.717) is 0 Å². The second kappa shape index (κ2) is 17.5. The fraction of sp³-hybridized carbons (Fsp3) is 0.500. The first-order valence-electron chi connectivity index (χ1n) is 9.84. The molecule has 0 aliphatic carbocycles. The van der Waals surface area contributed by atoms with Gasteiger partial charge < -0.3 is 29.7 Å². The highest BCUT2D eigenvalue weighted by molar-refractivity contribution is 8.13. The van der Waals surface area contributed by atoms with E-state index < -0.39 is 0 Å². The van der Waals surface area contributed by atoms with E-state index in [9.17, 15) is 4.79 Å². The molecule has 164 valence electrons. The van der Waals surface area contributed by atoms with Crippen molar-refractivity contribution in [3.8, 4) is 11.1 Å². The molecular formula is C22H35Cl2N3OS. The van der Waals surface area contributed by atoms with Crippen LogP contribution in [0.1, 0.15) is 40.0 Å². The van der Waals surface area contributed by atoms with Crippen molar-refractivity contribution < 1.29 is 38.7 Å². The smallest absolute Gasteiger partial charge is 0.281 e. The minimum absolute atomic E-state index is 0. The molecule has 0 aliphatic rings. The number of aryl methyl sites for hydroxylation is 2. The van der Waals surface area contributed by atoms with E-state index in [4.69, 9.17) is 0 Å². The third-order valence-electron chi connectivity index (χ3n) is 4.14. The van der Waals surface area contributed by atoms with E-state index in [1.165, 1.54) is 22.9 Å². The van der Waals surface area contributed by atoms with Crippen LogP contribution in [0.3, 0.4) is 0 Å². The fourth-order valence-corrected chi connectivity index (χ4v) is 3.18. The lowest BCUT2D eigenvalue weighted by molar-refractivity contribution is -0.671. The maximum absolute atomic E-state index is 11.5. The molecule has 2 aromatic heterocycles. The van der Waals surface area contributed by atoms with Gasteiger partial charge in [0.25, 0.3) is 5.24 Å². The number of aromatic nitrogens is 2. The molecule has 2 rings (SSSR count). The van der Waals surface area contributed by atoms with E-state index >= 15 is 0 Å². The van der Waals surface area contributed by atoms with Gasteiger partial charge in [0, 0.05) is 43.1 Å². The molecule has 0 N–H and O–H groups in total. The van der Waals surface area contributed by atoms with Crippen molar-refractivity contribution in [2.75, 3.05) is 18.8 Å². The minimum Gasteiger partial charge on any atom is -1.00 e. The Balaban J connectivity index is 0. The van der Waals surface area contributed by atoms with Crippen molar-refractivity contribution in [2.45, 2.75) is 40.0 Å². The van der Waals surface area contributed by atoms with Crippen LogP contribution in [0.5, 0.6) is 0 Å². The van der Waals surface area contributed by atoms with Crippen LogP contribution in [-0.4, -0.2) is 29.0 Å². The lowest BCUT2D eigenvalue weighted by Gasteiger charge is -2.19. The molecule has 2 aromatic rings. The summed E-state index contributed by atoms with van der Waals surface area (Å²) in [7, 11) is 4.05. The molecule has 0 radical (unpaired) electrons. The molecule has 0 aromatic carbocycles. The highest BCUT2D eigenvalue weighted by atomic mass is 35.5. The van der Waals surface area contributed by atoms with Crippen LogP contribution in [0, 0.1) is 0 Å². The van der Waals surface area contributed by atoms with Crippen LogP contribution in [0.25, 0.3) is 11.1 Å². The van der Waals surface area contributed by atoms with E-state index in [1.807, 2.05) is 35.1 Å². The Labute approximate surface area is 193 Å². The summed E-state index contributed by atoms with van der Waals surface area (Å²) in [5.74, 6) is 0.946. The Bertz CT molecular complexity index is 623. The lowest BCUT2D eigenvalue weighted by Crippen LogP contribution is -3.00. The summed E-state index contributed by atoms with van der Waals surface area (Å²) in [6.07, 6.45) is 11.6. The van der Waals surface area contributed by atoms with Crippen LogP contribution in [0.15, 0.2) is 49.1 Å². The van der Waals surface area contributed by atoms with Gasteiger partial charge in [0.15, 0.2) is 24.8 Å². The van der Waals surface area contributed by atoms with Gasteiger partial charge in [0.1, 0.15) is 14.1 Å². The molecule has 0 fully saturated rings. The summed E-state index contributed by atoms with van der Waals surface area (Å²) in [6.45, 7) is 8.05. The Kier molecular flexibility index (Phi) is 18.1. The van der Waals surface area contributed by atoms with Gasteiger partial charge in [-0.15, -0.1) is 0 Å². The number of pyridine rings is 2. The molecule has 0 saturated heterocycles. The topological polar surface area (TPSA) is 28.1 Å². The number of rotatable bonds is 7. The standard InChI is InChI=1S/C12H14N2.C10H21NOS.2ClH/c1-13-7-3-11(4-8-13)12-5-9-14(2)10-6-12;1-4-7-8-11(6-3)10(12)13-9-5-2;;/h3-10H,1-2H3;4-9H2,1-3H3;2*1H/q+2;;;/p-2. The minimum atomic E-state index is 0. The maximum Gasteiger partial charge on any atom is 0.281 e. The van der Waals surface area contributed by atoms with Crippen molar-refractivity contribution in [2.24, 2.45) is 14.1 Å². The predicted octanol–water partition coefficient (Wildman–Crippen LogP) is -1.62. The zero-order valence-corrected chi connectivity index (χ0v) is 20.6. The summed E-state index contributed by atoms with van der Waals surface area (Å²) in [5.41, 5.74) is 2.51. The summed E-state index contributed by atoms with van der Waals surface area (Å²) in [4.78, 5) is 13.5. The van der Waals surface area contributed by atoms with Crippen LogP contribution in [0.2, 0.25) is 0 Å². The molecule has 4 nitrogen and oxygen atoms in total. The van der Waals surface area contributed by atoms with Crippen molar-refractivity contribution >= 4 is 17.0 Å². The van der Waals surface area contributed by atoms with Gasteiger partial charge >= 0.3 is 0 Å². The fourth-order valence-electron chi connectivity index (χ4n) is 2.40. The summed E-state index contributed by atoms with van der Waals surface area (Å²) in [5, 5.41) is 0.248. The second-order valence-electron chi connectivity index (χ2n) is 6.55. The number of hydrogen-bond donors (Lipinski definition) is 0. The maximum atomic E-state index is 11.5. The number of carbonyl (C=O) groups is 1. The van der Waals surface area contributed by atoms with Crippen molar-refractivity contribution in [1.82, 2.24) is 4.90 Å². The molecule has 29 heavy (non-hydrogen) atoms.